The van der Waals surface area contributed by atoms with Crippen LogP contribution in [-0.2, 0) is 14.3 Å². The molecule has 2 aromatic rings. The lowest BCUT2D eigenvalue weighted by molar-refractivity contribution is -0.137. The number of hydrogen-bond acceptors (Lipinski definition) is 5. The van der Waals surface area contributed by atoms with Gasteiger partial charge in [-0.1, -0.05) is 11.6 Å². The molecule has 0 fully saturated rings. The van der Waals surface area contributed by atoms with E-state index in [1.807, 2.05) is 0 Å². The lowest BCUT2D eigenvalue weighted by Gasteiger charge is -2.15. The summed E-state index contributed by atoms with van der Waals surface area (Å²) in [5.74, 6) is -2.14. The van der Waals surface area contributed by atoms with Crippen LogP contribution in [0.1, 0.15) is 16.1 Å². The number of rotatable bonds is 6. The van der Waals surface area contributed by atoms with Crippen LogP contribution in [0.2, 0.25) is 5.15 Å². The maximum absolute atomic E-state index is 13.1. The van der Waals surface area contributed by atoms with Gasteiger partial charge < -0.3 is 15.0 Å². The smallest absolute Gasteiger partial charge is 0.343 e. The maximum Gasteiger partial charge on any atom is 0.343 e. The molecule has 0 aliphatic carbocycles. The number of carbonyl (C=O) groups excluding carboxylic acids is 3. The third kappa shape index (κ3) is 4.82. The largest absolute Gasteiger partial charge is 0.452 e. The predicted molar refractivity (Wildman–Crippen MR) is 95.3 cm³/mol. The number of nitrogens with one attached hydrogen (secondary N) is 1. The van der Waals surface area contributed by atoms with Crippen LogP contribution in [0.25, 0.3) is 5.69 Å². The van der Waals surface area contributed by atoms with Crippen molar-refractivity contribution in [1.29, 1.82) is 0 Å². The summed E-state index contributed by atoms with van der Waals surface area (Å²) < 4.78 is 19.3. The Morgan fingerprint density at radius 3 is 2.52 bits per heavy atom. The Labute approximate surface area is 159 Å². The summed E-state index contributed by atoms with van der Waals surface area (Å²) in [4.78, 5) is 36.7. The topological polar surface area (TPSA) is 93.5 Å². The molecule has 0 aliphatic rings. The first kappa shape index (κ1) is 20.4. The molecule has 27 heavy (non-hydrogen) atoms. The molecule has 1 aromatic heterocycles. The first-order valence-electron chi connectivity index (χ1n) is 7.87. The number of likely N-dealkylation sites (N-methyl/N-ethyl adjacent to an activating group) is 2. The number of aromatic nitrogens is 2. The molecule has 0 unspecified atom stereocenters. The third-order valence-electron chi connectivity index (χ3n) is 3.69. The van der Waals surface area contributed by atoms with Gasteiger partial charge in [0.1, 0.15) is 16.5 Å². The molecule has 144 valence electrons. The number of nitrogens with zero attached hydrogens (tertiary/aromatic N) is 3. The highest BCUT2D eigenvalue weighted by atomic mass is 35.5. The highest BCUT2D eigenvalue weighted by Gasteiger charge is 2.24. The van der Waals surface area contributed by atoms with Crippen LogP contribution in [0, 0.1) is 12.7 Å². The first-order valence-corrected chi connectivity index (χ1v) is 8.25. The van der Waals surface area contributed by atoms with Gasteiger partial charge in [-0.15, -0.1) is 0 Å². The highest BCUT2D eigenvalue weighted by molar-refractivity contribution is 6.33. The summed E-state index contributed by atoms with van der Waals surface area (Å²) in [5, 5.41) is 6.52. The van der Waals surface area contributed by atoms with E-state index in [1.165, 1.54) is 43.0 Å². The minimum atomic E-state index is -0.826. The fourth-order valence-electron chi connectivity index (χ4n) is 2.18. The minimum absolute atomic E-state index is 0.00254. The van der Waals surface area contributed by atoms with Gasteiger partial charge in [-0.05, 0) is 31.2 Å². The van der Waals surface area contributed by atoms with E-state index in [0.29, 0.717) is 11.4 Å². The van der Waals surface area contributed by atoms with E-state index in [4.69, 9.17) is 16.3 Å². The van der Waals surface area contributed by atoms with Gasteiger partial charge in [0, 0.05) is 14.1 Å². The summed E-state index contributed by atoms with van der Waals surface area (Å²) in [7, 11) is 2.86. The molecule has 0 saturated carbocycles. The summed E-state index contributed by atoms with van der Waals surface area (Å²) in [6, 6.07) is 5.39. The Balaban J connectivity index is 2.10. The van der Waals surface area contributed by atoms with Crippen LogP contribution in [-0.4, -0.2) is 59.7 Å². The molecule has 0 spiro atoms. The highest BCUT2D eigenvalue weighted by Crippen LogP contribution is 2.24. The van der Waals surface area contributed by atoms with E-state index in [9.17, 15) is 18.8 Å². The number of esters is 1. The zero-order valence-corrected chi connectivity index (χ0v) is 15.7. The molecule has 0 aliphatic heterocycles. The van der Waals surface area contributed by atoms with Crippen LogP contribution in [0.3, 0.4) is 0 Å². The number of ether oxygens (including phenoxy) is 1. The molecule has 8 nitrogen and oxygen atoms in total. The SMILES string of the molecule is CNC(=O)CN(C)C(=O)COC(=O)c1c(C)nn(-c2ccc(F)cc2)c1Cl. The normalized spacial score (nSPS) is 10.4. The van der Waals surface area contributed by atoms with E-state index < -0.39 is 24.3 Å². The molecule has 1 aromatic carbocycles. The van der Waals surface area contributed by atoms with Crippen LogP contribution >= 0.6 is 11.6 Å². The van der Waals surface area contributed by atoms with Gasteiger partial charge in [-0.3, -0.25) is 9.59 Å². The summed E-state index contributed by atoms with van der Waals surface area (Å²) in [6.45, 7) is 0.848. The van der Waals surface area contributed by atoms with E-state index >= 15 is 0 Å². The Hall–Kier alpha value is -2.94. The van der Waals surface area contributed by atoms with Crippen molar-refractivity contribution in [2.45, 2.75) is 6.92 Å². The number of aryl methyl sites for hydroxylation is 1. The summed E-state index contributed by atoms with van der Waals surface area (Å²) >= 11 is 6.22. The van der Waals surface area contributed by atoms with Crippen molar-refractivity contribution in [1.82, 2.24) is 20.0 Å². The van der Waals surface area contributed by atoms with E-state index in [2.05, 4.69) is 10.4 Å². The van der Waals surface area contributed by atoms with Crippen molar-refractivity contribution >= 4 is 29.4 Å². The second kappa shape index (κ2) is 8.63. The van der Waals surface area contributed by atoms with E-state index in [-0.39, 0.29) is 23.2 Å². The van der Waals surface area contributed by atoms with Gasteiger partial charge in [0.05, 0.1) is 17.9 Å². The van der Waals surface area contributed by atoms with Gasteiger partial charge in [0.2, 0.25) is 5.91 Å². The quantitative estimate of drug-likeness (QED) is 0.743. The average molecular weight is 397 g/mol. The molecule has 1 N–H and O–H groups in total. The lowest BCUT2D eigenvalue weighted by atomic mass is 10.2. The van der Waals surface area contributed by atoms with Crippen molar-refractivity contribution in [3.63, 3.8) is 0 Å². The average Bonchev–Trinajstić information content (AvgIpc) is 2.94. The lowest BCUT2D eigenvalue weighted by Crippen LogP contribution is -2.39. The second-order valence-corrected chi connectivity index (χ2v) is 6.00. The van der Waals surface area contributed by atoms with Crippen molar-refractivity contribution < 1.29 is 23.5 Å². The van der Waals surface area contributed by atoms with Gasteiger partial charge in [0.15, 0.2) is 6.61 Å². The number of halogens is 2. The standard InChI is InChI=1S/C17H18ClFN4O4/c1-10-15(16(18)23(21-10)12-6-4-11(19)5-7-12)17(26)27-9-14(25)22(3)8-13(24)20-2/h4-7H,8-9H2,1-3H3,(H,20,24). The molecular weight excluding hydrogens is 379 g/mol. The van der Waals surface area contributed by atoms with Crippen molar-refractivity contribution in [2.75, 3.05) is 27.2 Å². The fraction of sp³-hybridized carbons (Fsp3) is 0.294. The van der Waals surface area contributed by atoms with Gasteiger partial charge in [0.25, 0.3) is 5.91 Å². The Morgan fingerprint density at radius 2 is 1.93 bits per heavy atom. The summed E-state index contributed by atoms with van der Waals surface area (Å²) in [5.41, 5.74) is 0.758. The molecule has 0 atom stereocenters. The summed E-state index contributed by atoms with van der Waals surface area (Å²) in [6.07, 6.45) is 0. The molecule has 0 bridgehead atoms. The molecule has 0 radical (unpaired) electrons. The Morgan fingerprint density at radius 1 is 1.30 bits per heavy atom. The number of carbonyl (C=O) groups is 3. The molecule has 2 amide bonds. The fourth-order valence-corrected chi connectivity index (χ4v) is 2.53. The number of benzene rings is 1. The minimum Gasteiger partial charge on any atom is -0.452 e. The zero-order chi connectivity index (χ0) is 20.1. The van der Waals surface area contributed by atoms with Crippen LogP contribution in [0.15, 0.2) is 24.3 Å². The Bertz CT molecular complexity index is 867. The van der Waals surface area contributed by atoms with Crippen LogP contribution in [0.5, 0.6) is 0 Å². The van der Waals surface area contributed by atoms with Crippen LogP contribution in [0.4, 0.5) is 4.39 Å². The second-order valence-electron chi connectivity index (χ2n) is 5.64. The van der Waals surface area contributed by atoms with Gasteiger partial charge in [-0.2, -0.15) is 5.10 Å². The molecule has 10 heteroatoms. The van der Waals surface area contributed by atoms with E-state index in [0.717, 1.165) is 4.90 Å². The predicted octanol–water partition coefficient (Wildman–Crippen LogP) is 1.33. The van der Waals surface area contributed by atoms with Crippen LogP contribution < -0.4 is 5.32 Å². The molecule has 2 rings (SSSR count). The maximum atomic E-state index is 13.1. The number of hydrogen-bond donors (Lipinski definition) is 1. The Kier molecular flexibility index (Phi) is 6.51. The van der Waals surface area contributed by atoms with E-state index in [1.54, 1.807) is 6.92 Å². The third-order valence-corrected chi connectivity index (χ3v) is 4.04. The zero-order valence-electron chi connectivity index (χ0n) is 15.0. The number of amides is 2. The molecular formula is C17H18ClFN4O4. The monoisotopic (exact) mass is 396 g/mol. The first-order chi connectivity index (χ1) is 12.7. The molecule has 0 saturated heterocycles. The van der Waals surface area contributed by atoms with Crippen molar-refractivity contribution in [3.8, 4) is 5.69 Å². The van der Waals surface area contributed by atoms with Crippen molar-refractivity contribution in [3.05, 3.63) is 46.5 Å². The van der Waals surface area contributed by atoms with Gasteiger partial charge >= 0.3 is 5.97 Å². The molecule has 1 heterocycles. The van der Waals surface area contributed by atoms with Crippen molar-refractivity contribution in [2.24, 2.45) is 0 Å². The van der Waals surface area contributed by atoms with Gasteiger partial charge in [-0.25, -0.2) is 13.9 Å².